The molecule has 0 fully saturated rings. The molecule has 37 heavy (non-hydrogen) atoms. The molecule has 5 heteroatoms. The molecule has 0 aliphatic carbocycles. The highest BCUT2D eigenvalue weighted by Crippen LogP contribution is 2.31. The number of aryl methyl sites for hydroxylation is 2. The van der Waals surface area contributed by atoms with Crippen molar-refractivity contribution in [2.24, 2.45) is 0 Å². The lowest BCUT2D eigenvalue weighted by atomic mass is 9.91. The van der Waals surface area contributed by atoms with Gasteiger partial charge in [0, 0.05) is 11.1 Å². The lowest BCUT2D eigenvalue weighted by Gasteiger charge is -2.13. The zero-order valence-electron chi connectivity index (χ0n) is 21.1. The van der Waals surface area contributed by atoms with Crippen molar-refractivity contribution < 1.29 is 9.47 Å². The van der Waals surface area contributed by atoms with E-state index in [-0.39, 0.29) is 0 Å². The van der Waals surface area contributed by atoms with E-state index in [1.807, 2.05) is 60.7 Å². The molecule has 0 saturated heterocycles. The Morgan fingerprint density at radius 2 is 1.19 bits per heavy atom. The molecule has 4 aromatic rings. The zero-order valence-corrected chi connectivity index (χ0v) is 21.1. The van der Waals surface area contributed by atoms with E-state index < -0.39 is 0 Å². The lowest BCUT2D eigenvalue weighted by molar-refractivity contribution is 0.307. The van der Waals surface area contributed by atoms with Crippen LogP contribution in [-0.4, -0.2) is 24.9 Å². The van der Waals surface area contributed by atoms with Crippen molar-refractivity contribution in [2.75, 3.05) is 13.2 Å². The van der Waals surface area contributed by atoms with Crippen molar-refractivity contribution in [3.05, 3.63) is 107 Å². The molecule has 0 radical (unpaired) electrons. The van der Waals surface area contributed by atoms with Gasteiger partial charge >= 0.3 is 0 Å². The van der Waals surface area contributed by atoms with Crippen LogP contribution in [0.3, 0.4) is 0 Å². The number of para-hydroxylation sites is 2. The van der Waals surface area contributed by atoms with E-state index >= 15 is 0 Å². The van der Waals surface area contributed by atoms with Gasteiger partial charge in [-0.15, -0.1) is 0 Å². The van der Waals surface area contributed by atoms with Gasteiger partial charge in [0.15, 0.2) is 0 Å². The summed E-state index contributed by atoms with van der Waals surface area (Å²) in [6, 6.07) is 28.6. The van der Waals surface area contributed by atoms with Crippen LogP contribution in [0.4, 0.5) is 0 Å². The second-order valence-corrected chi connectivity index (χ2v) is 9.45. The van der Waals surface area contributed by atoms with Gasteiger partial charge in [0.25, 0.3) is 0 Å². The van der Waals surface area contributed by atoms with Crippen LogP contribution in [0.25, 0.3) is 10.8 Å². The summed E-state index contributed by atoms with van der Waals surface area (Å²) < 4.78 is 11.7. The highest BCUT2D eigenvalue weighted by atomic mass is 16.5. The second-order valence-electron chi connectivity index (χ2n) is 9.45. The Hall–Kier alpha value is -4.12. The van der Waals surface area contributed by atoms with E-state index in [1.165, 1.54) is 5.56 Å². The van der Waals surface area contributed by atoms with E-state index in [0.717, 1.165) is 77.5 Å². The SMILES string of the molecule is N=C1NC(=N)c2c1c(CCCCOc1ccccc1)cc1cc(CCCCOc3ccccc3)ccc21. The summed E-state index contributed by atoms with van der Waals surface area (Å²) in [7, 11) is 0. The number of hydrogen-bond donors (Lipinski definition) is 3. The number of nitrogens with one attached hydrogen (secondary N) is 3. The first-order valence-corrected chi connectivity index (χ1v) is 13.1. The van der Waals surface area contributed by atoms with E-state index in [9.17, 15) is 0 Å². The van der Waals surface area contributed by atoms with Crippen LogP contribution >= 0.6 is 0 Å². The predicted octanol–water partition coefficient (Wildman–Crippen LogP) is 6.90. The smallest absolute Gasteiger partial charge is 0.132 e. The Labute approximate surface area is 218 Å². The Morgan fingerprint density at radius 3 is 1.84 bits per heavy atom. The van der Waals surface area contributed by atoms with Crippen molar-refractivity contribution in [2.45, 2.75) is 38.5 Å². The van der Waals surface area contributed by atoms with Crippen LogP contribution in [0.2, 0.25) is 0 Å². The number of benzene rings is 4. The van der Waals surface area contributed by atoms with Crippen molar-refractivity contribution in [1.82, 2.24) is 5.32 Å². The van der Waals surface area contributed by atoms with Crippen LogP contribution in [-0.2, 0) is 12.8 Å². The maximum absolute atomic E-state index is 8.47. The molecule has 188 valence electrons. The van der Waals surface area contributed by atoms with Gasteiger partial charge in [-0.3, -0.25) is 10.8 Å². The van der Waals surface area contributed by atoms with Crippen LogP contribution in [0.1, 0.15) is 47.9 Å². The standard InChI is InChI=1S/C32H33N3O2/c33-31-29-24(12-8-10-20-37-27-15-5-2-6-16-27)22-25-21-23(17-18-28(25)30(29)32(34)35-31)11-7-9-19-36-26-13-3-1-4-14-26/h1-6,13-18,21-22H,7-12,19-20H2,(H3,33,34,35). The van der Waals surface area contributed by atoms with Gasteiger partial charge in [-0.2, -0.15) is 0 Å². The first-order chi connectivity index (χ1) is 18.2. The molecular formula is C32H33N3O2. The van der Waals surface area contributed by atoms with Gasteiger partial charge in [-0.1, -0.05) is 60.7 Å². The molecule has 4 aromatic carbocycles. The fraction of sp³-hybridized carbons (Fsp3) is 0.250. The highest BCUT2D eigenvalue weighted by Gasteiger charge is 2.26. The Morgan fingerprint density at radius 1 is 0.595 bits per heavy atom. The van der Waals surface area contributed by atoms with Crippen LogP contribution in [0.15, 0.2) is 84.9 Å². The number of hydrogen-bond acceptors (Lipinski definition) is 4. The minimum Gasteiger partial charge on any atom is -0.494 e. The third-order valence-corrected chi connectivity index (χ3v) is 6.76. The fourth-order valence-electron chi connectivity index (χ4n) is 4.92. The van der Waals surface area contributed by atoms with Gasteiger partial charge in [0.1, 0.15) is 23.2 Å². The summed E-state index contributed by atoms with van der Waals surface area (Å²) in [5, 5.41) is 22.1. The van der Waals surface area contributed by atoms with Crippen LogP contribution in [0.5, 0.6) is 11.5 Å². The molecule has 0 spiro atoms. The monoisotopic (exact) mass is 491 g/mol. The van der Waals surface area contributed by atoms with E-state index in [1.54, 1.807) is 0 Å². The lowest BCUT2D eigenvalue weighted by Crippen LogP contribution is -2.20. The average Bonchev–Trinajstić information content (AvgIpc) is 3.23. The summed E-state index contributed by atoms with van der Waals surface area (Å²) in [5.74, 6) is 2.47. The van der Waals surface area contributed by atoms with Crippen molar-refractivity contribution >= 4 is 22.4 Å². The molecule has 0 amide bonds. The maximum Gasteiger partial charge on any atom is 0.132 e. The van der Waals surface area contributed by atoms with E-state index in [0.29, 0.717) is 24.9 Å². The average molecular weight is 492 g/mol. The largest absolute Gasteiger partial charge is 0.494 e. The quantitative estimate of drug-likeness (QED) is 0.189. The van der Waals surface area contributed by atoms with Gasteiger partial charge in [0.2, 0.25) is 0 Å². The Kier molecular flexibility index (Phi) is 7.80. The first kappa shape index (κ1) is 24.6. The Balaban J connectivity index is 1.23. The highest BCUT2D eigenvalue weighted by molar-refractivity contribution is 6.28. The van der Waals surface area contributed by atoms with Gasteiger partial charge in [-0.25, -0.2) is 0 Å². The summed E-state index contributed by atoms with van der Waals surface area (Å²) >= 11 is 0. The first-order valence-electron chi connectivity index (χ1n) is 13.1. The molecule has 3 N–H and O–H groups in total. The van der Waals surface area contributed by atoms with E-state index in [4.69, 9.17) is 20.3 Å². The van der Waals surface area contributed by atoms with E-state index in [2.05, 4.69) is 29.6 Å². The molecule has 0 bridgehead atoms. The number of unbranched alkanes of at least 4 members (excludes halogenated alkanes) is 2. The second kappa shape index (κ2) is 11.7. The number of amidine groups is 2. The van der Waals surface area contributed by atoms with Gasteiger partial charge in [0.05, 0.1) is 13.2 Å². The summed E-state index contributed by atoms with van der Waals surface area (Å²) in [5.41, 5.74) is 4.17. The zero-order chi connectivity index (χ0) is 25.5. The topological polar surface area (TPSA) is 78.2 Å². The summed E-state index contributed by atoms with van der Waals surface area (Å²) in [6.45, 7) is 1.39. The fourth-order valence-corrected chi connectivity index (χ4v) is 4.92. The molecule has 0 aromatic heterocycles. The van der Waals surface area contributed by atoms with Gasteiger partial charge < -0.3 is 14.8 Å². The Bertz CT molecular complexity index is 1380. The number of rotatable bonds is 12. The predicted molar refractivity (Wildman–Crippen MR) is 150 cm³/mol. The summed E-state index contributed by atoms with van der Waals surface area (Å²) in [6.07, 6.45) is 5.80. The minimum absolute atomic E-state index is 0.324. The van der Waals surface area contributed by atoms with Crippen molar-refractivity contribution in [1.29, 1.82) is 10.8 Å². The molecule has 5 nitrogen and oxygen atoms in total. The molecule has 5 rings (SSSR count). The van der Waals surface area contributed by atoms with Crippen LogP contribution < -0.4 is 14.8 Å². The molecule has 1 aliphatic heterocycles. The molecular weight excluding hydrogens is 458 g/mol. The molecule has 0 saturated carbocycles. The third-order valence-electron chi connectivity index (χ3n) is 6.76. The van der Waals surface area contributed by atoms with Crippen molar-refractivity contribution in [3.8, 4) is 11.5 Å². The maximum atomic E-state index is 8.47. The van der Waals surface area contributed by atoms with Crippen LogP contribution in [0, 0.1) is 10.8 Å². The minimum atomic E-state index is 0.324. The normalized spacial score (nSPS) is 12.4. The van der Waals surface area contributed by atoms with Crippen molar-refractivity contribution in [3.63, 3.8) is 0 Å². The number of ether oxygens (including phenoxy) is 2. The van der Waals surface area contributed by atoms with Gasteiger partial charge in [-0.05, 0) is 84.7 Å². The molecule has 0 atom stereocenters. The molecule has 1 aliphatic rings. The molecule has 1 heterocycles. The third kappa shape index (κ3) is 6.00. The molecule has 0 unspecified atom stereocenters. The summed E-state index contributed by atoms with van der Waals surface area (Å²) in [4.78, 5) is 0. The number of fused-ring (bicyclic) bond motifs is 3.